The summed E-state index contributed by atoms with van der Waals surface area (Å²) in [7, 11) is 3.87. The summed E-state index contributed by atoms with van der Waals surface area (Å²) >= 11 is 0. The van der Waals surface area contributed by atoms with Crippen LogP contribution in [-0.2, 0) is 19.2 Å². The fourth-order valence-corrected chi connectivity index (χ4v) is 7.05. The van der Waals surface area contributed by atoms with E-state index in [1.807, 2.05) is 33.3 Å². The van der Waals surface area contributed by atoms with Crippen LogP contribution < -0.4 is 21.7 Å². The van der Waals surface area contributed by atoms with Crippen molar-refractivity contribution in [3.8, 4) is 0 Å². The molecule has 2 saturated carbocycles. The Kier molecular flexibility index (Phi) is 8.24. The molecule has 2 heterocycles. The first-order valence-corrected chi connectivity index (χ1v) is 13.8. The van der Waals surface area contributed by atoms with Gasteiger partial charge in [-0.05, 0) is 75.8 Å². The molecule has 2 saturated heterocycles. The fourth-order valence-electron chi connectivity index (χ4n) is 7.05. The summed E-state index contributed by atoms with van der Waals surface area (Å²) in [6.07, 6.45) is -2.75. The number of nitrogens with one attached hydrogen (secondary N) is 3. The molecule has 220 valence electrons. The van der Waals surface area contributed by atoms with E-state index < -0.39 is 48.1 Å². The second kappa shape index (κ2) is 10.9. The van der Waals surface area contributed by atoms with Crippen LogP contribution in [0, 0.1) is 29.1 Å². The van der Waals surface area contributed by atoms with Crippen molar-refractivity contribution >= 4 is 23.6 Å². The maximum absolute atomic E-state index is 13.9. The summed E-state index contributed by atoms with van der Waals surface area (Å²) in [5.74, 6) is -4.37. The van der Waals surface area contributed by atoms with Gasteiger partial charge in [-0.15, -0.1) is 0 Å². The SMILES string of the molecule is CN(C)C1CCC([C@H](NC(=O)C(F)(F)F)C(=O)N2C[C@H]3[C@@H]([C@H]2C(=O)N[C@H](N)C[C@@H]2CCNC2=O)C3(C)C)CC1. The number of piperidine rings is 1. The third-order valence-electron chi connectivity index (χ3n) is 9.54. The van der Waals surface area contributed by atoms with Crippen LogP contribution in [0.5, 0.6) is 0 Å². The molecule has 4 rings (SSSR count). The van der Waals surface area contributed by atoms with Gasteiger partial charge in [-0.3, -0.25) is 19.2 Å². The molecule has 5 N–H and O–H groups in total. The van der Waals surface area contributed by atoms with E-state index in [1.165, 1.54) is 4.90 Å². The molecule has 4 fully saturated rings. The molecule has 0 aromatic carbocycles. The number of hydrogen-bond acceptors (Lipinski definition) is 6. The average Bonchev–Trinajstić information content (AvgIpc) is 3.19. The monoisotopic (exact) mass is 558 g/mol. The number of amides is 4. The Bertz CT molecular complexity index is 981. The normalized spacial score (nSPS) is 33.3. The first kappa shape index (κ1) is 29.6. The molecule has 0 spiro atoms. The molecule has 39 heavy (non-hydrogen) atoms. The Labute approximate surface area is 226 Å². The lowest BCUT2D eigenvalue weighted by Crippen LogP contribution is -2.60. The van der Waals surface area contributed by atoms with Gasteiger partial charge in [0.15, 0.2) is 0 Å². The van der Waals surface area contributed by atoms with Gasteiger partial charge in [-0.2, -0.15) is 13.2 Å². The third-order valence-corrected chi connectivity index (χ3v) is 9.54. The van der Waals surface area contributed by atoms with Crippen molar-refractivity contribution in [3.05, 3.63) is 0 Å². The minimum atomic E-state index is -5.13. The largest absolute Gasteiger partial charge is 0.471 e. The summed E-state index contributed by atoms with van der Waals surface area (Å²) in [6.45, 7) is 4.77. The van der Waals surface area contributed by atoms with E-state index in [-0.39, 0.29) is 48.1 Å². The molecular formula is C26H41F3N6O4. The predicted octanol–water partition coefficient (Wildman–Crippen LogP) is 0.564. The van der Waals surface area contributed by atoms with Gasteiger partial charge in [0.2, 0.25) is 17.7 Å². The zero-order chi connectivity index (χ0) is 28.9. The van der Waals surface area contributed by atoms with E-state index in [0.29, 0.717) is 38.6 Å². The van der Waals surface area contributed by atoms with Crippen LogP contribution in [0.2, 0.25) is 0 Å². The van der Waals surface area contributed by atoms with Crippen molar-refractivity contribution in [2.45, 2.75) is 82.8 Å². The van der Waals surface area contributed by atoms with Gasteiger partial charge in [0.1, 0.15) is 12.1 Å². The molecule has 13 heteroatoms. The Hall–Kier alpha value is -2.41. The lowest BCUT2D eigenvalue weighted by atomic mass is 9.80. The van der Waals surface area contributed by atoms with Crippen molar-refractivity contribution in [2.24, 2.45) is 34.8 Å². The van der Waals surface area contributed by atoms with Crippen molar-refractivity contribution in [1.82, 2.24) is 25.8 Å². The van der Waals surface area contributed by atoms with Crippen molar-refractivity contribution in [1.29, 1.82) is 0 Å². The van der Waals surface area contributed by atoms with Gasteiger partial charge < -0.3 is 31.5 Å². The number of alkyl halides is 3. The molecule has 0 bridgehead atoms. The third kappa shape index (κ3) is 6.03. The van der Waals surface area contributed by atoms with Gasteiger partial charge in [-0.25, -0.2) is 0 Å². The summed E-state index contributed by atoms with van der Waals surface area (Å²) in [5, 5.41) is 7.46. The summed E-state index contributed by atoms with van der Waals surface area (Å²) in [4.78, 5) is 54.7. The maximum atomic E-state index is 13.9. The van der Waals surface area contributed by atoms with Crippen molar-refractivity contribution < 1.29 is 32.3 Å². The number of nitrogens with two attached hydrogens (primary N) is 1. The van der Waals surface area contributed by atoms with Gasteiger partial charge in [0, 0.05) is 25.0 Å². The Morgan fingerprint density at radius 2 is 1.77 bits per heavy atom. The first-order chi connectivity index (χ1) is 18.1. The summed E-state index contributed by atoms with van der Waals surface area (Å²) < 4.78 is 39.7. The van der Waals surface area contributed by atoms with Crippen LogP contribution in [0.15, 0.2) is 0 Å². The average molecular weight is 559 g/mol. The fraction of sp³-hybridized carbons (Fsp3) is 0.846. The van der Waals surface area contributed by atoms with Crippen LogP contribution >= 0.6 is 0 Å². The van der Waals surface area contributed by atoms with Gasteiger partial charge in [0.25, 0.3) is 0 Å². The number of fused-ring (bicyclic) bond motifs is 1. The highest BCUT2D eigenvalue weighted by molar-refractivity contribution is 5.94. The van der Waals surface area contributed by atoms with E-state index in [4.69, 9.17) is 5.73 Å². The number of halogens is 3. The number of carbonyl (C=O) groups excluding carboxylic acids is 4. The Morgan fingerprint density at radius 3 is 2.31 bits per heavy atom. The van der Waals surface area contributed by atoms with E-state index >= 15 is 0 Å². The van der Waals surface area contributed by atoms with Crippen LogP contribution in [-0.4, -0.2) is 91.1 Å². The molecule has 10 nitrogen and oxygen atoms in total. The van der Waals surface area contributed by atoms with E-state index in [9.17, 15) is 32.3 Å². The molecule has 4 aliphatic rings. The quantitative estimate of drug-likeness (QED) is 0.322. The van der Waals surface area contributed by atoms with Crippen molar-refractivity contribution in [2.75, 3.05) is 27.2 Å². The highest BCUT2D eigenvalue weighted by Gasteiger charge is 2.69. The molecule has 0 aromatic rings. The van der Waals surface area contributed by atoms with Crippen LogP contribution in [0.4, 0.5) is 13.2 Å². The number of hydrogen-bond donors (Lipinski definition) is 4. The molecule has 2 aliphatic carbocycles. The summed E-state index contributed by atoms with van der Waals surface area (Å²) in [5.41, 5.74) is 5.94. The maximum Gasteiger partial charge on any atom is 0.471 e. The zero-order valence-electron chi connectivity index (χ0n) is 23.0. The van der Waals surface area contributed by atoms with Gasteiger partial charge in [-0.1, -0.05) is 13.8 Å². The first-order valence-electron chi connectivity index (χ1n) is 13.8. The smallest absolute Gasteiger partial charge is 0.356 e. The van der Waals surface area contributed by atoms with Crippen molar-refractivity contribution in [3.63, 3.8) is 0 Å². The van der Waals surface area contributed by atoms with Crippen LogP contribution in [0.1, 0.15) is 52.4 Å². The Morgan fingerprint density at radius 1 is 1.13 bits per heavy atom. The van der Waals surface area contributed by atoms with E-state index in [0.717, 1.165) is 0 Å². The lowest BCUT2D eigenvalue weighted by Gasteiger charge is -2.39. The standard InChI is InChI=1S/C26H41F3N6O4/c1-25(2)16-12-35(20(18(16)25)22(37)32-17(30)11-14-9-10-31-21(14)36)23(38)19(33-24(39)26(27,28)29)13-5-7-15(8-6-13)34(3)4/h13-20H,5-12,30H2,1-4H3,(H,31,36)(H,32,37)(H,33,39)/t13?,14-,15?,16-,17-,18-,19-,20-/m0/s1. The van der Waals surface area contributed by atoms with Crippen LogP contribution in [0.3, 0.4) is 0 Å². The Balaban J connectivity index is 1.51. The molecule has 0 unspecified atom stereocenters. The zero-order valence-corrected chi connectivity index (χ0v) is 23.0. The van der Waals surface area contributed by atoms with Crippen LogP contribution in [0.25, 0.3) is 0 Å². The predicted molar refractivity (Wildman–Crippen MR) is 136 cm³/mol. The number of likely N-dealkylation sites (tertiary alicyclic amines) is 1. The minimum absolute atomic E-state index is 0.0116. The lowest BCUT2D eigenvalue weighted by molar-refractivity contribution is -0.176. The molecule has 6 atom stereocenters. The molecular weight excluding hydrogens is 517 g/mol. The minimum Gasteiger partial charge on any atom is -0.356 e. The van der Waals surface area contributed by atoms with Gasteiger partial charge >= 0.3 is 12.1 Å². The highest BCUT2D eigenvalue weighted by Crippen LogP contribution is 2.65. The molecule has 2 aliphatic heterocycles. The van der Waals surface area contributed by atoms with Gasteiger partial charge in [0.05, 0.1) is 6.17 Å². The number of rotatable bonds is 8. The van der Waals surface area contributed by atoms with E-state index in [2.05, 4.69) is 15.5 Å². The summed E-state index contributed by atoms with van der Waals surface area (Å²) in [6, 6.07) is -2.05. The number of nitrogens with zero attached hydrogens (tertiary/aromatic N) is 2. The topological polar surface area (TPSA) is 137 Å². The second-order valence-corrected chi connectivity index (χ2v) is 12.5. The molecule has 0 radical (unpaired) electrons. The molecule has 0 aromatic heterocycles. The second-order valence-electron chi connectivity index (χ2n) is 12.5. The molecule has 4 amide bonds. The van der Waals surface area contributed by atoms with E-state index in [1.54, 1.807) is 0 Å². The highest BCUT2D eigenvalue weighted by atomic mass is 19.4. The number of carbonyl (C=O) groups is 4.